The van der Waals surface area contributed by atoms with E-state index in [4.69, 9.17) is 0 Å². The first-order chi connectivity index (χ1) is 8.75. The number of hydrogen-bond acceptors (Lipinski definition) is 4. The molecule has 6 nitrogen and oxygen atoms in total. The van der Waals surface area contributed by atoms with Crippen LogP contribution in [0.4, 0.5) is 4.79 Å². The van der Waals surface area contributed by atoms with Crippen molar-refractivity contribution in [1.82, 2.24) is 10.2 Å². The molecule has 1 heterocycles. The first-order valence-corrected chi connectivity index (χ1v) is 6.37. The number of imide groups is 1. The van der Waals surface area contributed by atoms with Crippen LogP contribution in [-0.2, 0) is 9.59 Å². The van der Waals surface area contributed by atoms with Gasteiger partial charge in [-0.3, -0.25) is 9.69 Å². The molecule has 18 heavy (non-hydrogen) atoms. The molecule has 0 bridgehead atoms. The maximum atomic E-state index is 11.8. The highest BCUT2D eigenvalue weighted by Gasteiger charge is 2.21. The van der Waals surface area contributed by atoms with Crippen LogP contribution >= 0.6 is 0 Å². The van der Waals surface area contributed by atoms with E-state index in [1.165, 1.54) is 11.0 Å². The summed E-state index contributed by atoms with van der Waals surface area (Å²) >= 11 is 0. The number of urea groups is 1. The van der Waals surface area contributed by atoms with E-state index in [0.717, 1.165) is 32.1 Å². The van der Waals surface area contributed by atoms with Crippen LogP contribution in [-0.4, -0.2) is 42.6 Å². The summed E-state index contributed by atoms with van der Waals surface area (Å²) in [6.07, 6.45) is 5.95. The second-order valence-corrected chi connectivity index (χ2v) is 4.27. The Morgan fingerprint density at radius 2 is 2.17 bits per heavy atom. The monoisotopic (exact) mass is 253 g/mol. The molecule has 6 heteroatoms. The van der Waals surface area contributed by atoms with Crippen LogP contribution in [0, 0.1) is 0 Å². The number of rotatable bonds is 6. The highest BCUT2D eigenvalue weighted by molar-refractivity contribution is 5.94. The Labute approximate surface area is 106 Å². The molecular formula is C12H19N3O3. The van der Waals surface area contributed by atoms with E-state index in [0.29, 0.717) is 26.1 Å². The van der Waals surface area contributed by atoms with E-state index in [9.17, 15) is 14.4 Å². The van der Waals surface area contributed by atoms with Crippen molar-refractivity contribution in [3.05, 3.63) is 0 Å². The van der Waals surface area contributed by atoms with Gasteiger partial charge in [0.1, 0.15) is 0 Å². The van der Waals surface area contributed by atoms with Crippen LogP contribution in [0.25, 0.3) is 0 Å². The Morgan fingerprint density at radius 1 is 1.33 bits per heavy atom. The van der Waals surface area contributed by atoms with E-state index < -0.39 is 0 Å². The van der Waals surface area contributed by atoms with E-state index in [1.54, 1.807) is 0 Å². The molecule has 0 aromatic carbocycles. The maximum absolute atomic E-state index is 11.8. The summed E-state index contributed by atoms with van der Waals surface area (Å²) < 4.78 is 0. The van der Waals surface area contributed by atoms with Gasteiger partial charge in [0.25, 0.3) is 0 Å². The van der Waals surface area contributed by atoms with Crippen molar-refractivity contribution in [3.63, 3.8) is 0 Å². The normalized spacial score (nSPS) is 15.6. The number of carbonyl (C=O) groups excluding carboxylic acids is 3. The number of amides is 3. The van der Waals surface area contributed by atoms with Crippen LogP contribution in [0.5, 0.6) is 0 Å². The lowest BCUT2D eigenvalue weighted by atomic mass is 10.2. The molecule has 0 aliphatic carbocycles. The third-order valence-electron chi connectivity index (χ3n) is 2.86. The van der Waals surface area contributed by atoms with E-state index in [2.05, 4.69) is 10.3 Å². The minimum absolute atomic E-state index is 0.117. The minimum Gasteiger partial charge on any atom is -0.338 e. The van der Waals surface area contributed by atoms with Crippen molar-refractivity contribution in [2.75, 3.05) is 19.6 Å². The highest BCUT2D eigenvalue weighted by atomic mass is 16.2. The molecular weight excluding hydrogens is 234 g/mol. The molecule has 1 rings (SSSR count). The third kappa shape index (κ3) is 5.10. The molecule has 3 amide bonds. The largest absolute Gasteiger partial charge is 0.338 e. The molecule has 1 aliphatic heterocycles. The van der Waals surface area contributed by atoms with Crippen LogP contribution in [0.15, 0.2) is 4.99 Å². The fourth-order valence-electron chi connectivity index (χ4n) is 1.85. The summed E-state index contributed by atoms with van der Waals surface area (Å²) in [7, 11) is 0. The van der Waals surface area contributed by atoms with Crippen molar-refractivity contribution >= 4 is 18.0 Å². The standard InChI is InChI=1S/C12H19N3O3/c16-10-13-7-3-1-2-6-11(17)15-9-5-4-8-14-12(15)18/h1-9H2,(H,14,18). The number of unbranched alkanes of at least 4 members (excludes halogenated alkanes) is 2. The molecule has 0 atom stereocenters. The molecule has 1 saturated heterocycles. The predicted molar refractivity (Wildman–Crippen MR) is 65.8 cm³/mol. The molecule has 0 aromatic rings. The Hall–Kier alpha value is -1.68. The van der Waals surface area contributed by atoms with E-state index >= 15 is 0 Å². The lowest BCUT2D eigenvalue weighted by Crippen LogP contribution is -2.42. The number of isocyanates is 1. The van der Waals surface area contributed by atoms with Crippen molar-refractivity contribution in [2.24, 2.45) is 4.99 Å². The lowest BCUT2D eigenvalue weighted by Gasteiger charge is -2.17. The van der Waals surface area contributed by atoms with Gasteiger partial charge in [-0.25, -0.2) is 14.6 Å². The quantitative estimate of drug-likeness (QED) is 0.439. The summed E-state index contributed by atoms with van der Waals surface area (Å²) in [6.45, 7) is 1.62. The molecule has 0 aromatic heterocycles. The second kappa shape index (κ2) is 8.42. The van der Waals surface area contributed by atoms with E-state index in [-0.39, 0.29) is 11.9 Å². The molecule has 0 radical (unpaired) electrons. The zero-order valence-corrected chi connectivity index (χ0v) is 10.5. The average molecular weight is 253 g/mol. The zero-order chi connectivity index (χ0) is 13.2. The summed E-state index contributed by atoms with van der Waals surface area (Å²) in [5.74, 6) is -0.117. The number of nitrogens with one attached hydrogen (secondary N) is 1. The van der Waals surface area contributed by atoms with Crippen LogP contribution in [0.1, 0.15) is 38.5 Å². The van der Waals surface area contributed by atoms with Crippen LogP contribution in [0.3, 0.4) is 0 Å². The van der Waals surface area contributed by atoms with Gasteiger partial charge in [-0.2, -0.15) is 0 Å². The number of nitrogens with zero attached hydrogens (tertiary/aromatic N) is 2. The summed E-state index contributed by atoms with van der Waals surface area (Å²) in [5.41, 5.74) is 0. The first-order valence-electron chi connectivity index (χ1n) is 6.37. The van der Waals surface area contributed by atoms with E-state index in [1.807, 2.05) is 0 Å². The first kappa shape index (κ1) is 14.4. The fourth-order valence-corrected chi connectivity index (χ4v) is 1.85. The van der Waals surface area contributed by atoms with Gasteiger partial charge in [0, 0.05) is 19.5 Å². The molecule has 1 N–H and O–H groups in total. The summed E-state index contributed by atoms with van der Waals surface area (Å²) in [5, 5.41) is 2.70. The predicted octanol–water partition coefficient (Wildman–Crippen LogP) is 1.21. The van der Waals surface area contributed by atoms with Crippen molar-refractivity contribution in [1.29, 1.82) is 0 Å². The Morgan fingerprint density at radius 3 is 2.94 bits per heavy atom. The number of hydrogen-bond donors (Lipinski definition) is 1. The molecule has 0 unspecified atom stereocenters. The highest BCUT2D eigenvalue weighted by Crippen LogP contribution is 2.07. The minimum atomic E-state index is -0.275. The van der Waals surface area contributed by atoms with Crippen molar-refractivity contribution < 1.29 is 14.4 Å². The second-order valence-electron chi connectivity index (χ2n) is 4.27. The van der Waals surface area contributed by atoms with Gasteiger partial charge in [-0.1, -0.05) is 6.42 Å². The molecule has 100 valence electrons. The van der Waals surface area contributed by atoms with Gasteiger partial charge in [0.15, 0.2) is 0 Å². The van der Waals surface area contributed by atoms with Crippen molar-refractivity contribution in [2.45, 2.75) is 38.5 Å². The van der Waals surface area contributed by atoms with Crippen LogP contribution in [0.2, 0.25) is 0 Å². The number of aliphatic imine (C=N–C) groups is 1. The van der Waals surface area contributed by atoms with Crippen molar-refractivity contribution in [3.8, 4) is 0 Å². The van der Waals surface area contributed by atoms with Gasteiger partial charge in [0.2, 0.25) is 12.0 Å². The third-order valence-corrected chi connectivity index (χ3v) is 2.86. The lowest BCUT2D eigenvalue weighted by molar-refractivity contribution is -0.128. The Balaban J connectivity index is 2.22. The van der Waals surface area contributed by atoms with Gasteiger partial charge >= 0.3 is 6.03 Å². The maximum Gasteiger partial charge on any atom is 0.324 e. The Kier molecular flexibility index (Phi) is 6.72. The molecule has 1 aliphatic rings. The zero-order valence-electron chi connectivity index (χ0n) is 10.5. The topological polar surface area (TPSA) is 78.8 Å². The molecule has 0 saturated carbocycles. The van der Waals surface area contributed by atoms with Gasteiger partial charge < -0.3 is 5.32 Å². The van der Waals surface area contributed by atoms with Gasteiger partial charge in [-0.15, -0.1) is 0 Å². The van der Waals surface area contributed by atoms with Gasteiger partial charge in [-0.05, 0) is 25.7 Å². The fraction of sp³-hybridized carbons (Fsp3) is 0.750. The smallest absolute Gasteiger partial charge is 0.324 e. The molecule has 1 fully saturated rings. The Bertz CT molecular complexity index is 337. The van der Waals surface area contributed by atoms with Gasteiger partial charge in [0.05, 0.1) is 6.54 Å². The van der Waals surface area contributed by atoms with Crippen LogP contribution < -0.4 is 5.32 Å². The average Bonchev–Trinajstić information content (AvgIpc) is 2.58. The summed E-state index contributed by atoms with van der Waals surface area (Å²) in [6, 6.07) is -0.275. The number of carbonyl (C=O) groups is 2. The molecule has 0 spiro atoms. The SMILES string of the molecule is O=C=NCCCCCC(=O)N1CCCCNC1=O. The summed E-state index contributed by atoms with van der Waals surface area (Å²) in [4.78, 5) is 38.0.